The molecule has 0 unspecified atom stereocenters. The molecule has 0 aromatic heterocycles. The minimum absolute atomic E-state index is 0. The molecule has 1 N–H and O–H groups in total. The molecule has 3 heterocycles. The van der Waals surface area contributed by atoms with Crippen molar-refractivity contribution in [2.24, 2.45) is 0 Å². The van der Waals surface area contributed by atoms with Crippen LogP contribution < -0.4 is 34.9 Å². The van der Waals surface area contributed by atoms with Crippen molar-refractivity contribution in [3.8, 4) is 0 Å². The Morgan fingerprint density at radius 3 is 1.75 bits per heavy atom. The van der Waals surface area contributed by atoms with Gasteiger partial charge in [0.1, 0.15) is 0 Å². The van der Waals surface area contributed by atoms with Crippen LogP contribution in [0.4, 0.5) is 0 Å². The Bertz CT molecular complexity index is 2090. The number of esters is 2. The van der Waals surface area contributed by atoms with Crippen molar-refractivity contribution < 1.29 is 64.4 Å². The maximum atomic E-state index is 12.8. The molecule has 2 amide bonds. The van der Waals surface area contributed by atoms with E-state index in [9.17, 15) is 19.2 Å². The van der Waals surface area contributed by atoms with Crippen LogP contribution in [0.2, 0.25) is 30.1 Å². The molecule has 9 nitrogen and oxygen atoms in total. The first-order chi connectivity index (χ1) is 26.8. The molecule has 4 aromatic carbocycles. The first-order valence-corrected chi connectivity index (χ1v) is 20.6. The van der Waals surface area contributed by atoms with Crippen molar-refractivity contribution in [3.63, 3.8) is 0 Å². The molecule has 57 heavy (non-hydrogen) atoms. The van der Waals surface area contributed by atoms with Gasteiger partial charge in [-0.1, -0.05) is 110 Å². The van der Waals surface area contributed by atoms with Gasteiger partial charge in [0.25, 0.3) is 11.8 Å². The number of nitrogens with zero attached hydrogens (tertiary/aromatic N) is 1. The van der Waals surface area contributed by atoms with E-state index in [0.29, 0.717) is 59.8 Å². The number of ether oxygens (including phenoxy) is 3. The second-order valence-electron chi connectivity index (χ2n) is 12.3. The van der Waals surface area contributed by atoms with Gasteiger partial charge in [-0.2, -0.15) is 0 Å². The number of amides is 2. The van der Waals surface area contributed by atoms with Crippen LogP contribution in [0.5, 0.6) is 0 Å². The molecular weight excluding hydrogens is 936 g/mol. The van der Waals surface area contributed by atoms with Crippen molar-refractivity contribution in [1.82, 2.24) is 10.2 Å². The summed E-state index contributed by atoms with van der Waals surface area (Å²) in [7, 11) is 2.51. The Hall–Kier alpha value is -2.06. The number of nitrogens with one attached hydrogen (secondary N) is 1. The Kier molecular flexibility index (Phi) is 21.0. The normalized spacial score (nSPS) is 13.7. The van der Waals surface area contributed by atoms with Gasteiger partial charge in [-0.05, 0) is 84.3 Å². The minimum atomic E-state index is -0.619. The number of rotatable bonds is 5. The van der Waals surface area contributed by atoms with Gasteiger partial charge in [0.2, 0.25) is 0 Å². The minimum Gasteiger partial charge on any atom is -1.00 e. The molecule has 0 radical (unpaired) electrons. The summed E-state index contributed by atoms with van der Waals surface area (Å²) in [6.45, 7) is 3.42. The van der Waals surface area contributed by atoms with Crippen LogP contribution in [0.1, 0.15) is 78.0 Å². The Morgan fingerprint density at radius 1 is 0.772 bits per heavy atom. The monoisotopic (exact) mass is 970 g/mol. The molecule has 0 spiro atoms. The van der Waals surface area contributed by atoms with E-state index in [1.807, 2.05) is 42.5 Å². The van der Waals surface area contributed by atoms with E-state index < -0.39 is 11.9 Å². The van der Waals surface area contributed by atoms with Crippen LogP contribution in [0.3, 0.4) is 0 Å². The summed E-state index contributed by atoms with van der Waals surface area (Å²) in [5, 5.41) is 5.59. The average molecular weight is 974 g/mol. The number of carbonyl (C=O) groups is 4. The molecule has 17 heteroatoms. The third-order valence-corrected chi connectivity index (χ3v) is 11.2. The van der Waals surface area contributed by atoms with Gasteiger partial charge in [0.15, 0.2) is 0 Å². The number of benzene rings is 4. The van der Waals surface area contributed by atoms with Crippen LogP contribution in [0.25, 0.3) is 0 Å². The van der Waals surface area contributed by atoms with E-state index in [-0.39, 0.29) is 74.0 Å². The molecule has 7 rings (SSSR count). The van der Waals surface area contributed by atoms with E-state index in [4.69, 9.17) is 79.1 Å². The Labute approximate surface area is 393 Å². The van der Waals surface area contributed by atoms with E-state index in [1.165, 1.54) is 44.8 Å². The standard InChI is InChI=1S/C18H14Cl3NO3.C11H9Cl2NO3.C7H6BrCl.C4H8O.Na.H/c1-25-18(24)15-14(20)8-13-12(16(15)21)5-6-22(17(13)23)9-10-3-2-4-11(19)7-10;1-17-11(16)8-7(12)4-6-5(9(8)13)2-3-14-10(6)15;8-5-6-2-1-3-7(9)4-6;1-2-4-5-3-1;;/h2-4,7-8H,5-6,9H2,1H3;4H,2-3H2,1H3,(H,14,15);1-4H,5H2;1-4H2;;/q;;;;+1;-1. The van der Waals surface area contributed by atoms with Crippen molar-refractivity contribution in [2.75, 3.05) is 40.5 Å². The predicted molar refractivity (Wildman–Crippen MR) is 227 cm³/mol. The second-order valence-corrected chi connectivity index (χ2v) is 15.3. The molecule has 3 aliphatic rings. The average Bonchev–Trinajstić information content (AvgIpc) is 3.78. The van der Waals surface area contributed by atoms with Gasteiger partial charge in [0, 0.05) is 59.4 Å². The SMILES string of the molecule is C1CCOC1.COC(=O)c1c(Cl)cc2c(c1Cl)CCN(Cc1cccc(Cl)c1)C2=O.COC(=O)c1c(Cl)cc2c(c1Cl)CCNC2=O.Clc1cccc(CBr)c1.[H-].[Na+]. The summed E-state index contributed by atoms with van der Waals surface area (Å²) >= 11 is 39.6. The van der Waals surface area contributed by atoms with Crippen LogP contribution in [-0.2, 0) is 38.9 Å². The van der Waals surface area contributed by atoms with Crippen LogP contribution >= 0.6 is 85.5 Å². The molecule has 0 saturated carbocycles. The quantitative estimate of drug-likeness (QED) is 0.123. The van der Waals surface area contributed by atoms with Gasteiger partial charge in [-0.25, -0.2) is 9.59 Å². The van der Waals surface area contributed by atoms with Gasteiger partial charge in [-0.3, -0.25) is 9.59 Å². The molecule has 3 aliphatic heterocycles. The second kappa shape index (κ2) is 24.3. The topological polar surface area (TPSA) is 111 Å². The number of fused-ring (bicyclic) bond motifs is 2. The summed E-state index contributed by atoms with van der Waals surface area (Å²) in [6, 6.07) is 18.1. The van der Waals surface area contributed by atoms with Gasteiger partial charge < -0.3 is 25.9 Å². The van der Waals surface area contributed by atoms with Gasteiger partial charge in [0.05, 0.1) is 45.4 Å². The van der Waals surface area contributed by atoms with E-state index in [1.54, 1.807) is 11.0 Å². The molecule has 4 aromatic rings. The van der Waals surface area contributed by atoms with Crippen molar-refractivity contribution >= 4 is 109 Å². The molecule has 1 fully saturated rings. The predicted octanol–water partition coefficient (Wildman–Crippen LogP) is 7.85. The first kappa shape index (κ1) is 49.3. The summed E-state index contributed by atoms with van der Waals surface area (Å²) in [4.78, 5) is 49.5. The van der Waals surface area contributed by atoms with Crippen LogP contribution in [-0.4, -0.2) is 69.2 Å². The summed E-state index contributed by atoms with van der Waals surface area (Å²) in [6.07, 6.45) is 3.66. The van der Waals surface area contributed by atoms with Crippen molar-refractivity contribution in [1.29, 1.82) is 0 Å². The molecule has 1 saturated heterocycles. The zero-order valence-corrected chi connectivity index (χ0v) is 39.4. The molecule has 0 atom stereocenters. The van der Waals surface area contributed by atoms with E-state index >= 15 is 0 Å². The number of halogens is 7. The smallest absolute Gasteiger partial charge is 1.00 e. The van der Waals surface area contributed by atoms with E-state index in [0.717, 1.165) is 29.1 Å². The fourth-order valence-electron chi connectivity index (χ4n) is 5.83. The molecule has 0 bridgehead atoms. The summed E-state index contributed by atoms with van der Waals surface area (Å²) in [5.74, 6) is -1.63. The maximum absolute atomic E-state index is 12.8. The van der Waals surface area contributed by atoms with E-state index in [2.05, 4.69) is 26.0 Å². The number of methoxy groups -OCH3 is 2. The van der Waals surface area contributed by atoms with Gasteiger partial charge >= 0.3 is 41.5 Å². The Balaban J connectivity index is 0.000000302. The zero-order valence-electron chi connectivity index (χ0n) is 32.3. The number of hydrogen-bond donors (Lipinski definition) is 1. The third kappa shape index (κ3) is 13.5. The fraction of sp³-hybridized carbons (Fsp3) is 0.300. The molecule has 0 aliphatic carbocycles. The maximum Gasteiger partial charge on any atom is 1.00 e. The van der Waals surface area contributed by atoms with Gasteiger partial charge in [-0.15, -0.1) is 0 Å². The third-order valence-electron chi connectivity index (χ3n) is 8.61. The number of carbonyl (C=O) groups excluding carboxylic acids is 4. The summed E-state index contributed by atoms with van der Waals surface area (Å²) < 4.78 is 14.3. The first-order valence-electron chi connectivity index (χ1n) is 17.2. The number of alkyl halides is 1. The van der Waals surface area contributed by atoms with Crippen LogP contribution in [0, 0.1) is 0 Å². The molecular formula is C40H38BrCl6N2NaO7. The largest absolute Gasteiger partial charge is 1.00 e. The molecule has 300 valence electrons. The van der Waals surface area contributed by atoms with Crippen molar-refractivity contribution in [3.05, 3.63) is 135 Å². The van der Waals surface area contributed by atoms with Crippen LogP contribution in [0.15, 0.2) is 60.7 Å². The Morgan fingerprint density at radius 2 is 1.28 bits per heavy atom. The zero-order chi connectivity index (χ0) is 40.9. The number of hydrogen-bond acceptors (Lipinski definition) is 7. The fourth-order valence-corrected chi connectivity index (χ4v) is 8.02. The van der Waals surface area contributed by atoms with Crippen molar-refractivity contribution in [2.45, 2.75) is 37.6 Å². The summed E-state index contributed by atoms with van der Waals surface area (Å²) in [5.41, 5.74) is 4.45.